The zero-order valence-corrected chi connectivity index (χ0v) is 10.2. The van der Waals surface area contributed by atoms with Crippen molar-refractivity contribution in [2.24, 2.45) is 0 Å². The smallest absolute Gasteiger partial charge is 0.0458 e. The first-order chi connectivity index (χ1) is 8.24. The summed E-state index contributed by atoms with van der Waals surface area (Å²) >= 11 is 0. The zero-order valence-electron chi connectivity index (χ0n) is 10.2. The van der Waals surface area contributed by atoms with Gasteiger partial charge in [0.1, 0.15) is 0 Å². The Morgan fingerprint density at radius 1 is 1.47 bits per heavy atom. The van der Waals surface area contributed by atoms with Crippen LogP contribution < -0.4 is 5.73 Å². The molecule has 3 rings (SSSR count). The first-order valence-corrected chi connectivity index (χ1v) is 6.30. The molecule has 1 aliphatic rings. The van der Waals surface area contributed by atoms with Gasteiger partial charge < -0.3 is 15.6 Å². The Morgan fingerprint density at radius 2 is 2.35 bits per heavy atom. The lowest BCUT2D eigenvalue weighted by atomic mass is 10.0. The highest BCUT2D eigenvalue weighted by molar-refractivity contribution is 5.86. The van der Waals surface area contributed by atoms with Gasteiger partial charge in [-0.25, -0.2) is 0 Å². The molecule has 0 unspecified atom stereocenters. The number of nitrogens with one attached hydrogen (secondary N) is 1. The molecule has 0 spiro atoms. The van der Waals surface area contributed by atoms with Crippen molar-refractivity contribution >= 4 is 16.6 Å². The summed E-state index contributed by atoms with van der Waals surface area (Å²) in [6.45, 7) is 1.23. The van der Waals surface area contributed by atoms with E-state index in [9.17, 15) is 0 Å². The number of aromatic nitrogens is 1. The van der Waals surface area contributed by atoms with Crippen LogP contribution in [-0.2, 0) is 6.42 Å². The van der Waals surface area contributed by atoms with Crippen LogP contribution in [-0.4, -0.2) is 29.5 Å². The Balaban J connectivity index is 1.92. The van der Waals surface area contributed by atoms with Crippen molar-refractivity contribution in [1.82, 2.24) is 9.88 Å². The number of nitrogens with two attached hydrogens (primary N) is 1. The summed E-state index contributed by atoms with van der Waals surface area (Å²) < 4.78 is 0. The lowest BCUT2D eigenvalue weighted by molar-refractivity contribution is 0.310. The van der Waals surface area contributed by atoms with Gasteiger partial charge in [0.05, 0.1) is 0 Å². The summed E-state index contributed by atoms with van der Waals surface area (Å²) in [5, 5.41) is 1.28. The predicted molar refractivity (Wildman–Crippen MR) is 72.1 cm³/mol. The number of fused-ring (bicyclic) bond motifs is 1. The number of aromatic amines is 1. The van der Waals surface area contributed by atoms with E-state index in [1.165, 1.54) is 35.9 Å². The summed E-state index contributed by atoms with van der Waals surface area (Å²) in [5.41, 5.74) is 9.29. The first-order valence-electron chi connectivity index (χ1n) is 6.30. The number of H-pyrrole nitrogens is 1. The van der Waals surface area contributed by atoms with Crippen LogP contribution in [0.25, 0.3) is 10.9 Å². The minimum absolute atomic E-state index is 0.690. The van der Waals surface area contributed by atoms with Crippen molar-refractivity contribution < 1.29 is 0 Å². The molecular formula is C14H19N3. The SMILES string of the molecule is CN1CCC[C@H]1Cc1c[nH]c2ccc(N)cc12. The van der Waals surface area contributed by atoms with Crippen LogP contribution in [0.15, 0.2) is 24.4 Å². The summed E-state index contributed by atoms with van der Waals surface area (Å²) in [7, 11) is 2.22. The fraction of sp³-hybridized carbons (Fsp3) is 0.429. The van der Waals surface area contributed by atoms with E-state index in [0.29, 0.717) is 6.04 Å². The molecule has 3 N–H and O–H groups in total. The number of nitrogens with zero attached hydrogens (tertiary/aromatic N) is 1. The van der Waals surface area contributed by atoms with Crippen LogP contribution in [0.5, 0.6) is 0 Å². The van der Waals surface area contributed by atoms with Gasteiger partial charge in [0.25, 0.3) is 0 Å². The van der Waals surface area contributed by atoms with Crippen LogP contribution in [0.2, 0.25) is 0 Å². The highest BCUT2D eigenvalue weighted by Gasteiger charge is 2.21. The second-order valence-electron chi connectivity index (χ2n) is 5.10. The number of likely N-dealkylation sites (tertiary alicyclic amines) is 1. The topological polar surface area (TPSA) is 45.0 Å². The molecule has 90 valence electrons. The Morgan fingerprint density at radius 3 is 3.12 bits per heavy atom. The molecule has 0 saturated carbocycles. The Bertz CT molecular complexity index is 529. The molecule has 1 fully saturated rings. The van der Waals surface area contributed by atoms with E-state index < -0.39 is 0 Å². The van der Waals surface area contributed by atoms with Crippen molar-refractivity contribution in [1.29, 1.82) is 0 Å². The maximum absolute atomic E-state index is 5.86. The van der Waals surface area contributed by atoms with Crippen molar-refractivity contribution in [3.63, 3.8) is 0 Å². The third-order valence-corrected chi connectivity index (χ3v) is 3.92. The number of rotatable bonds is 2. The van der Waals surface area contributed by atoms with E-state index in [1.54, 1.807) is 0 Å². The van der Waals surface area contributed by atoms with Crippen molar-refractivity contribution in [3.05, 3.63) is 30.0 Å². The number of hydrogen-bond acceptors (Lipinski definition) is 2. The highest BCUT2D eigenvalue weighted by atomic mass is 15.1. The van der Waals surface area contributed by atoms with E-state index in [1.807, 2.05) is 6.07 Å². The predicted octanol–water partition coefficient (Wildman–Crippen LogP) is 2.39. The minimum Gasteiger partial charge on any atom is -0.399 e. The third-order valence-electron chi connectivity index (χ3n) is 3.92. The molecule has 2 aromatic rings. The Kier molecular flexibility index (Phi) is 2.56. The lowest BCUT2D eigenvalue weighted by Gasteiger charge is -2.18. The molecule has 2 heterocycles. The van der Waals surface area contributed by atoms with Gasteiger partial charge in [0, 0.05) is 28.8 Å². The van der Waals surface area contributed by atoms with E-state index in [-0.39, 0.29) is 0 Å². The van der Waals surface area contributed by atoms with Crippen molar-refractivity contribution in [2.45, 2.75) is 25.3 Å². The Hall–Kier alpha value is -1.48. The first kappa shape index (κ1) is 10.7. The molecule has 1 aliphatic heterocycles. The van der Waals surface area contributed by atoms with E-state index in [0.717, 1.165) is 12.1 Å². The molecule has 1 atom stereocenters. The molecule has 1 saturated heterocycles. The van der Waals surface area contributed by atoms with Gasteiger partial charge >= 0.3 is 0 Å². The maximum atomic E-state index is 5.86. The molecule has 3 heteroatoms. The van der Waals surface area contributed by atoms with Gasteiger partial charge in [-0.05, 0) is 56.6 Å². The van der Waals surface area contributed by atoms with E-state index in [4.69, 9.17) is 5.73 Å². The van der Waals surface area contributed by atoms with Gasteiger partial charge in [-0.15, -0.1) is 0 Å². The molecule has 0 bridgehead atoms. The molecule has 1 aromatic carbocycles. The number of anilines is 1. The molecular weight excluding hydrogens is 210 g/mol. The third kappa shape index (κ3) is 1.91. The summed E-state index contributed by atoms with van der Waals surface area (Å²) in [6, 6.07) is 6.78. The fourth-order valence-corrected chi connectivity index (χ4v) is 2.86. The number of likely N-dealkylation sites (N-methyl/N-ethyl adjacent to an activating group) is 1. The average Bonchev–Trinajstić information content (AvgIpc) is 2.88. The molecule has 0 radical (unpaired) electrons. The van der Waals surface area contributed by atoms with Gasteiger partial charge in [-0.1, -0.05) is 0 Å². The van der Waals surface area contributed by atoms with Crippen molar-refractivity contribution in [3.8, 4) is 0 Å². The summed E-state index contributed by atoms with van der Waals surface area (Å²) in [5.74, 6) is 0. The van der Waals surface area contributed by atoms with E-state index >= 15 is 0 Å². The van der Waals surface area contributed by atoms with Gasteiger partial charge in [0.2, 0.25) is 0 Å². The zero-order chi connectivity index (χ0) is 11.8. The van der Waals surface area contributed by atoms with Crippen LogP contribution in [0, 0.1) is 0 Å². The average molecular weight is 229 g/mol. The largest absolute Gasteiger partial charge is 0.399 e. The molecule has 0 aliphatic carbocycles. The maximum Gasteiger partial charge on any atom is 0.0458 e. The second kappa shape index (κ2) is 4.08. The summed E-state index contributed by atoms with van der Waals surface area (Å²) in [6.07, 6.45) is 5.90. The number of hydrogen-bond donors (Lipinski definition) is 2. The molecule has 0 amide bonds. The van der Waals surface area contributed by atoms with Gasteiger partial charge in [-0.3, -0.25) is 0 Å². The molecule has 3 nitrogen and oxygen atoms in total. The van der Waals surface area contributed by atoms with E-state index in [2.05, 4.69) is 35.3 Å². The van der Waals surface area contributed by atoms with Crippen molar-refractivity contribution in [2.75, 3.05) is 19.3 Å². The minimum atomic E-state index is 0.690. The Labute approximate surface area is 102 Å². The van der Waals surface area contributed by atoms with Crippen LogP contribution >= 0.6 is 0 Å². The normalized spacial score (nSPS) is 21.4. The van der Waals surface area contributed by atoms with Crippen LogP contribution in [0.1, 0.15) is 18.4 Å². The standard InChI is InChI=1S/C14H19N3/c1-17-6-2-3-12(17)7-10-9-16-14-5-4-11(15)8-13(10)14/h4-5,8-9,12,16H,2-3,6-7,15H2,1H3/t12-/m0/s1. The second-order valence-corrected chi connectivity index (χ2v) is 5.10. The summed E-state index contributed by atoms with van der Waals surface area (Å²) in [4.78, 5) is 5.79. The van der Waals surface area contributed by atoms with Gasteiger partial charge in [-0.2, -0.15) is 0 Å². The highest BCUT2D eigenvalue weighted by Crippen LogP contribution is 2.25. The molecule has 17 heavy (non-hydrogen) atoms. The monoisotopic (exact) mass is 229 g/mol. The lowest BCUT2D eigenvalue weighted by Crippen LogP contribution is -2.26. The molecule has 1 aromatic heterocycles. The van der Waals surface area contributed by atoms with Crippen LogP contribution in [0.4, 0.5) is 5.69 Å². The fourth-order valence-electron chi connectivity index (χ4n) is 2.86. The number of nitrogen functional groups attached to an aromatic ring is 1. The quantitative estimate of drug-likeness (QED) is 0.777. The van der Waals surface area contributed by atoms with Gasteiger partial charge in [0.15, 0.2) is 0 Å². The van der Waals surface area contributed by atoms with Crippen LogP contribution in [0.3, 0.4) is 0 Å². The number of benzene rings is 1.